The van der Waals surface area contributed by atoms with E-state index < -0.39 is 23.4 Å². The Bertz CT molecular complexity index is 803. The van der Waals surface area contributed by atoms with E-state index in [1.165, 1.54) is 24.3 Å². The van der Waals surface area contributed by atoms with Gasteiger partial charge in [-0.2, -0.15) is 18.2 Å². The maximum absolute atomic E-state index is 12.7. The number of carbonyl (C=O) groups excluding carboxylic acids is 1. The summed E-state index contributed by atoms with van der Waals surface area (Å²) in [5.74, 6) is -0.652. The molecule has 0 atom stereocenters. The van der Waals surface area contributed by atoms with E-state index in [9.17, 15) is 22.8 Å². The van der Waals surface area contributed by atoms with Gasteiger partial charge in [-0.15, -0.1) is 11.6 Å². The maximum atomic E-state index is 12.7. The summed E-state index contributed by atoms with van der Waals surface area (Å²) in [6, 6.07) is 5.52. The number of ether oxygens (including phenoxy) is 1. The molecule has 0 radical (unpaired) electrons. The highest BCUT2D eigenvalue weighted by Gasteiger charge is 2.34. The minimum absolute atomic E-state index is 0.143. The summed E-state index contributed by atoms with van der Waals surface area (Å²) >= 11 is 5.47. The molecule has 23 heavy (non-hydrogen) atoms. The number of rotatable bonds is 4. The third-order valence-corrected chi connectivity index (χ3v) is 3.15. The van der Waals surface area contributed by atoms with Gasteiger partial charge in [0, 0.05) is 11.6 Å². The molecule has 1 aromatic heterocycles. The summed E-state index contributed by atoms with van der Waals surface area (Å²) < 4.78 is 43.7. The van der Waals surface area contributed by atoms with Crippen LogP contribution in [0.1, 0.15) is 16.1 Å². The first kappa shape index (κ1) is 17.0. The van der Waals surface area contributed by atoms with E-state index in [1.54, 1.807) is 0 Å². The summed E-state index contributed by atoms with van der Waals surface area (Å²) in [5, 5.41) is 0. The lowest BCUT2D eigenvalue weighted by Crippen LogP contribution is -2.24. The Morgan fingerprint density at radius 1 is 1.35 bits per heavy atom. The molecule has 0 bridgehead atoms. The summed E-state index contributed by atoms with van der Waals surface area (Å²) in [4.78, 5) is 27.0. The molecule has 0 aliphatic heterocycles. The van der Waals surface area contributed by atoms with Gasteiger partial charge in [-0.1, -0.05) is 12.1 Å². The largest absolute Gasteiger partial charge is 0.468 e. The van der Waals surface area contributed by atoms with Crippen LogP contribution in [0.15, 0.2) is 35.1 Å². The number of Topliss-reactive ketones (excluding diaryl/α,β-unsaturated/α-hetero) is 1. The smallest absolute Gasteiger partial charge is 0.433 e. The van der Waals surface area contributed by atoms with Crippen molar-refractivity contribution in [3.8, 4) is 11.7 Å². The molecular formula is C14H10ClF3N2O3. The number of ketones is 1. The van der Waals surface area contributed by atoms with Crippen molar-refractivity contribution in [2.24, 2.45) is 0 Å². The summed E-state index contributed by atoms with van der Waals surface area (Å²) in [6.45, 7) is 0. The van der Waals surface area contributed by atoms with Crippen LogP contribution in [0.25, 0.3) is 5.69 Å². The lowest BCUT2D eigenvalue weighted by Gasteiger charge is -2.13. The summed E-state index contributed by atoms with van der Waals surface area (Å²) in [5.41, 5.74) is -1.99. The lowest BCUT2D eigenvalue weighted by atomic mass is 10.1. The number of hydrogen-bond donors (Lipinski definition) is 0. The van der Waals surface area contributed by atoms with Gasteiger partial charge < -0.3 is 4.74 Å². The molecular weight excluding hydrogens is 337 g/mol. The zero-order valence-electron chi connectivity index (χ0n) is 11.7. The van der Waals surface area contributed by atoms with Crippen molar-refractivity contribution in [1.29, 1.82) is 0 Å². The number of nitrogens with zero attached hydrogens (tertiary/aromatic N) is 2. The third kappa shape index (κ3) is 3.53. The Morgan fingerprint density at radius 3 is 2.61 bits per heavy atom. The normalized spacial score (nSPS) is 11.3. The van der Waals surface area contributed by atoms with Gasteiger partial charge in [0.1, 0.15) is 0 Å². The zero-order chi connectivity index (χ0) is 17.2. The van der Waals surface area contributed by atoms with Crippen molar-refractivity contribution in [2.75, 3.05) is 13.0 Å². The van der Waals surface area contributed by atoms with Crippen LogP contribution in [0.5, 0.6) is 6.01 Å². The van der Waals surface area contributed by atoms with Gasteiger partial charge in [-0.05, 0) is 12.1 Å². The predicted octanol–water partition coefficient (Wildman–Crippen LogP) is 2.68. The molecule has 9 heteroatoms. The number of halogens is 4. The molecule has 2 aromatic rings. The van der Waals surface area contributed by atoms with Crippen molar-refractivity contribution in [3.05, 3.63) is 51.9 Å². The van der Waals surface area contributed by atoms with Crippen LogP contribution in [0.3, 0.4) is 0 Å². The average molecular weight is 347 g/mol. The number of alkyl halides is 4. The van der Waals surface area contributed by atoms with Gasteiger partial charge in [-0.3, -0.25) is 9.59 Å². The molecule has 0 saturated heterocycles. The van der Waals surface area contributed by atoms with Crippen LogP contribution in [0.2, 0.25) is 0 Å². The molecule has 5 nitrogen and oxygen atoms in total. The van der Waals surface area contributed by atoms with E-state index in [-0.39, 0.29) is 22.9 Å². The van der Waals surface area contributed by atoms with Crippen LogP contribution in [-0.4, -0.2) is 28.3 Å². The van der Waals surface area contributed by atoms with E-state index in [1.807, 2.05) is 0 Å². The van der Waals surface area contributed by atoms with Crippen molar-refractivity contribution in [3.63, 3.8) is 0 Å². The Balaban J connectivity index is 2.65. The van der Waals surface area contributed by atoms with Crippen LogP contribution in [0.4, 0.5) is 13.2 Å². The molecule has 0 amide bonds. The third-order valence-electron chi connectivity index (χ3n) is 2.91. The van der Waals surface area contributed by atoms with Gasteiger partial charge in [-0.25, -0.2) is 4.57 Å². The minimum Gasteiger partial charge on any atom is -0.468 e. The molecule has 122 valence electrons. The first-order valence-electron chi connectivity index (χ1n) is 6.23. The molecule has 1 heterocycles. The Morgan fingerprint density at radius 2 is 2.04 bits per heavy atom. The molecule has 0 aliphatic rings. The molecule has 0 aliphatic carbocycles. The fourth-order valence-corrected chi connectivity index (χ4v) is 2.03. The fraction of sp³-hybridized carbons (Fsp3) is 0.214. The first-order chi connectivity index (χ1) is 10.8. The van der Waals surface area contributed by atoms with Gasteiger partial charge in [0.15, 0.2) is 11.5 Å². The van der Waals surface area contributed by atoms with E-state index >= 15 is 0 Å². The summed E-state index contributed by atoms with van der Waals surface area (Å²) in [7, 11) is 1.09. The quantitative estimate of drug-likeness (QED) is 0.631. The lowest BCUT2D eigenvalue weighted by molar-refractivity contribution is -0.141. The Hall–Kier alpha value is -2.35. The molecule has 0 unspecified atom stereocenters. The van der Waals surface area contributed by atoms with Gasteiger partial charge in [0.2, 0.25) is 0 Å². The molecule has 2 rings (SSSR count). The molecule has 0 spiro atoms. The van der Waals surface area contributed by atoms with E-state index in [0.29, 0.717) is 6.07 Å². The number of aromatic nitrogens is 2. The average Bonchev–Trinajstić information content (AvgIpc) is 2.52. The van der Waals surface area contributed by atoms with Crippen LogP contribution < -0.4 is 10.3 Å². The number of benzene rings is 1. The molecule has 0 saturated carbocycles. The van der Waals surface area contributed by atoms with Crippen molar-refractivity contribution in [2.45, 2.75) is 6.18 Å². The Labute approximate surface area is 133 Å². The monoisotopic (exact) mass is 346 g/mol. The van der Waals surface area contributed by atoms with Gasteiger partial charge >= 0.3 is 12.2 Å². The SMILES string of the molecule is COc1nc(C(F)(F)F)cc(=O)n1-c1cccc(C(=O)CCl)c1. The van der Waals surface area contributed by atoms with E-state index in [2.05, 4.69) is 4.98 Å². The Kier molecular flexibility index (Phi) is 4.74. The standard InChI is InChI=1S/C14H10ClF3N2O3/c1-23-13-19-11(14(16,17)18)6-12(22)20(13)9-4-2-3-8(5-9)10(21)7-15/h2-6H,7H2,1H3. The van der Waals surface area contributed by atoms with Gasteiger partial charge in [0.25, 0.3) is 5.56 Å². The highest BCUT2D eigenvalue weighted by Crippen LogP contribution is 2.28. The van der Waals surface area contributed by atoms with Gasteiger partial charge in [0.05, 0.1) is 18.7 Å². The van der Waals surface area contributed by atoms with Crippen molar-refractivity contribution >= 4 is 17.4 Å². The number of methoxy groups -OCH3 is 1. The number of carbonyl (C=O) groups is 1. The van der Waals surface area contributed by atoms with Crippen LogP contribution >= 0.6 is 11.6 Å². The predicted molar refractivity (Wildman–Crippen MR) is 76.4 cm³/mol. The highest BCUT2D eigenvalue weighted by molar-refractivity contribution is 6.30. The topological polar surface area (TPSA) is 61.2 Å². The zero-order valence-corrected chi connectivity index (χ0v) is 12.5. The van der Waals surface area contributed by atoms with E-state index in [0.717, 1.165) is 11.7 Å². The molecule has 0 fully saturated rings. The second-order valence-electron chi connectivity index (χ2n) is 4.41. The second-order valence-corrected chi connectivity index (χ2v) is 4.67. The van der Waals surface area contributed by atoms with Crippen molar-refractivity contribution < 1.29 is 22.7 Å². The van der Waals surface area contributed by atoms with Crippen LogP contribution in [0, 0.1) is 0 Å². The first-order valence-corrected chi connectivity index (χ1v) is 6.76. The van der Waals surface area contributed by atoms with E-state index in [4.69, 9.17) is 16.3 Å². The second kappa shape index (κ2) is 6.41. The van der Waals surface area contributed by atoms with Crippen LogP contribution in [-0.2, 0) is 6.18 Å². The maximum Gasteiger partial charge on any atom is 0.433 e. The number of hydrogen-bond acceptors (Lipinski definition) is 4. The highest BCUT2D eigenvalue weighted by atomic mass is 35.5. The molecule has 1 aromatic carbocycles. The van der Waals surface area contributed by atoms with Crippen molar-refractivity contribution in [1.82, 2.24) is 9.55 Å². The fourth-order valence-electron chi connectivity index (χ4n) is 1.88. The minimum atomic E-state index is -4.78. The molecule has 0 N–H and O–H groups in total. The summed E-state index contributed by atoms with van der Waals surface area (Å²) in [6.07, 6.45) is -4.78.